The van der Waals surface area contributed by atoms with E-state index in [1.54, 1.807) is 12.1 Å². The number of sulfone groups is 1. The third-order valence-electron chi connectivity index (χ3n) is 4.97. The Morgan fingerprint density at radius 3 is 2.57 bits per heavy atom. The number of aryl methyl sites for hydroxylation is 1. The first-order chi connectivity index (χ1) is 16.6. The zero-order chi connectivity index (χ0) is 25.3. The van der Waals surface area contributed by atoms with Crippen molar-refractivity contribution >= 4 is 61.5 Å². The summed E-state index contributed by atoms with van der Waals surface area (Å²) in [6.45, 7) is 4.44. The summed E-state index contributed by atoms with van der Waals surface area (Å²) in [4.78, 5) is 17.6. The molecule has 1 N–H and O–H groups in total. The molecule has 0 fully saturated rings. The molecule has 0 unspecified atom stereocenters. The molecule has 182 valence electrons. The lowest BCUT2D eigenvalue weighted by molar-refractivity contribution is -0.114. The van der Waals surface area contributed by atoms with Crippen molar-refractivity contribution in [3.8, 4) is 11.5 Å². The van der Waals surface area contributed by atoms with Crippen LogP contribution in [0.1, 0.15) is 23.6 Å². The summed E-state index contributed by atoms with van der Waals surface area (Å²) in [7, 11) is -3.74. The number of nitrogens with one attached hydrogen (secondary N) is 1. The molecule has 0 atom stereocenters. The van der Waals surface area contributed by atoms with Gasteiger partial charge in [0.1, 0.15) is 12.4 Å². The van der Waals surface area contributed by atoms with Crippen molar-refractivity contribution < 1.29 is 22.7 Å². The summed E-state index contributed by atoms with van der Waals surface area (Å²) < 4.78 is 39.7. The van der Waals surface area contributed by atoms with Crippen LogP contribution < -0.4 is 9.47 Å². The molecule has 4 rings (SSSR count). The van der Waals surface area contributed by atoms with E-state index in [4.69, 9.17) is 26.5 Å². The zero-order valence-electron chi connectivity index (χ0n) is 19.0. The largest absolute Gasteiger partial charge is 0.490 e. The number of amidine groups is 3. The molecule has 0 bridgehead atoms. The van der Waals surface area contributed by atoms with E-state index in [0.717, 1.165) is 34.2 Å². The lowest BCUT2D eigenvalue weighted by Gasteiger charge is -2.24. The molecule has 0 saturated heterocycles. The minimum Gasteiger partial charge on any atom is -0.490 e. The highest BCUT2D eigenvalue weighted by molar-refractivity contribution is 8.16. The molecule has 2 aromatic rings. The highest BCUT2D eigenvalue weighted by Crippen LogP contribution is 2.38. The summed E-state index contributed by atoms with van der Waals surface area (Å²) >= 11 is 7.24. The molecule has 0 radical (unpaired) electrons. The minimum atomic E-state index is -3.74. The van der Waals surface area contributed by atoms with Crippen LogP contribution in [0, 0.1) is 12.3 Å². The Morgan fingerprint density at radius 1 is 1.20 bits per heavy atom. The number of ether oxygens (including phenoxy) is 2. The summed E-state index contributed by atoms with van der Waals surface area (Å²) in [6.07, 6.45) is 2.39. The van der Waals surface area contributed by atoms with Crippen molar-refractivity contribution in [3.05, 3.63) is 63.7 Å². The van der Waals surface area contributed by atoms with Crippen LogP contribution in [0.15, 0.2) is 51.4 Å². The number of halogens is 1. The van der Waals surface area contributed by atoms with Gasteiger partial charge in [-0.1, -0.05) is 41.4 Å². The number of nitrogens with zero attached hydrogens (tertiary/aromatic N) is 3. The monoisotopic (exact) mass is 532 g/mol. The summed E-state index contributed by atoms with van der Waals surface area (Å²) in [5.74, 6) is -0.312. The second kappa shape index (κ2) is 9.84. The first kappa shape index (κ1) is 25.0. The number of hydrogen-bond acceptors (Lipinski definition) is 8. The molecule has 0 spiro atoms. The van der Waals surface area contributed by atoms with E-state index in [1.165, 1.54) is 6.08 Å². The maximum absolute atomic E-state index is 12.6. The molecule has 0 aromatic heterocycles. The van der Waals surface area contributed by atoms with Crippen LogP contribution in [0.2, 0.25) is 5.02 Å². The number of amides is 1. The van der Waals surface area contributed by atoms with E-state index in [2.05, 4.69) is 9.39 Å². The average Bonchev–Trinajstić information content (AvgIpc) is 3.22. The summed E-state index contributed by atoms with van der Waals surface area (Å²) in [5.41, 5.74) is 2.44. The van der Waals surface area contributed by atoms with E-state index >= 15 is 0 Å². The van der Waals surface area contributed by atoms with Crippen LogP contribution in [0.5, 0.6) is 11.5 Å². The second-order valence-corrected chi connectivity index (χ2v) is 10.8. The Kier molecular flexibility index (Phi) is 7.02. The van der Waals surface area contributed by atoms with E-state index in [1.807, 2.05) is 38.1 Å². The molecule has 9 nitrogen and oxygen atoms in total. The smallest absolute Gasteiger partial charge is 0.283 e. The molecule has 2 aliphatic heterocycles. The summed E-state index contributed by atoms with van der Waals surface area (Å²) in [5, 5.41) is 8.40. The minimum absolute atomic E-state index is 0.0190. The topological polar surface area (TPSA) is 121 Å². The van der Waals surface area contributed by atoms with Gasteiger partial charge < -0.3 is 9.47 Å². The van der Waals surface area contributed by atoms with Crippen LogP contribution in [-0.4, -0.2) is 48.3 Å². The standard InChI is InChI=1S/C23H21ClN4O5S2/c1-4-32-18-11-15(10-17(24)19(18)33-12-14-7-5-13(2)6-8-14)9-16-20(25)28-22(26-21(16)29)34-27-23(28)35(3,30)31/h5-11,25H,4,12H2,1-3H3/b16-9-,25-20?. The van der Waals surface area contributed by atoms with Crippen LogP contribution in [0.3, 0.4) is 0 Å². The van der Waals surface area contributed by atoms with Crippen LogP contribution in [0.25, 0.3) is 6.08 Å². The number of carbonyl (C=O) groups is 1. The molecular formula is C23H21ClN4O5S2. The Hall–Kier alpha value is -3.15. The molecule has 2 heterocycles. The van der Waals surface area contributed by atoms with Gasteiger partial charge >= 0.3 is 0 Å². The maximum Gasteiger partial charge on any atom is 0.283 e. The zero-order valence-corrected chi connectivity index (χ0v) is 21.4. The number of fused-ring (bicyclic) bond motifs is 1. The van der Waals surface area contributed by atoms with Gasteiger partial charge in [-0.2, -0.15) is 9.39 Å². The fraction of sp³-hybridized carbons (Fsp3) is 0.217. The fourth-order valence-corrected chi connectivity index (χ4v) is 5.44. The van der Waals surface area contributed by atoms with Gasteiger partial charge in [-0.3, -0.25) is 10.2 Å². The van der Waals surface area contributed by atoms with Gasteiger partial charge in [-0.05, 0) is 43.2 Å². The van der Waals surface area contributed by atoms with Crippen molar-refractivity contribution in [1.29, 1.82) is 5.41 Å². The lowest BCUT2D eigenvalue weighted by Crippen LogP contribution is -2.45. The van der Waals surface area contributed by atoms with Crippen molar-refractivity contribution in [2.24, 2.45) is 9.39 Å². The Labute approximate surface area is 212 Å². The maximum atomic E-state index is 12.6. The molecule has 12 heteroatoms. The van der Waals surface area contributed by atoms with E-state index in [9.17, 15) is 13.2 Å². The molecule has 35 heavy (non-hydrogen) atoms. The van der Waals surface area contributed by atoms with E-state index in [0.29, 0.717) is 23.7 Å². The third kappa shape index (κ3) is 5.26. The van der Waals surface area contributed by atoms with E-state index in [-0.39, 0.29) is 33.4 Å². The van der Waals surface area contributed by atoms with Gasteiger partial charge in [-0.15, -0.1) is 0 Å². The highest BCUT2D eigenvalue weighted by atomic mass is 35.5. The molecule has 2 aliphatic rings. The third-order valence-corrected chi connectivity index (χ3v) is 7.01. The van der Waals surface area contributed by atoms with Crippen molar-refractivity contribution in [2.45, 2.75) is 20.5 Å². The number of hydrogen-bond donors (Lipinski definition) is 1. The van der Waals surface area contributed by atoms with Crippen molar-refractivity contribution in [3.63, 3.8) is 0 Å². The number of benzene rings is 2. The highest BCUT2D eigenvalue weighted by Gasteiger charge is 2.41. The van der Waals surface area contributed by atoms with Crippen molar-refractivity contribution in [1.82, 2.24) is 4.90 Å². The van der Waals surface area contributed by atoms with Gasteiger partial charge in [0.15, 0.2) is 11.5 Å². The lowest BCUT2D eigenvalue weighted by atomic mass is 10.1. The molecule has 1 amide bonds. The Balaban J connectivity index is 1.66. The van der Waals surface area contributed by atoms with E-state index < -0.39 is 15.7 Å². The van der Waals surface area contributed by atoms with Crippen LogP contribution >= 0.6 is 23.5 Å². The quantitative estimate of drug-likeness (QED) is 0.436. The number of rotatable bonds is 6. The fourth-order valence-electron chi connectivity index (χ4n) is 3.32. The predicted molar refractivity (Wildman–Crippen MR) is 138 cm³/mol. The van der Waals surface area contributed by atoms with Gasteiger partial charge in [-0.25, -0.2) is 13.3 Å². The van der Waals surface area contributed by atoms with Crippen LogP contribution in [0.4, 0.5) is 0 Å². The van der Waals surface area contributed by atoms with Gasteiger partial charge in [0.2, 0.25) is 20.2 Å². The SMILES string of the molecule is CCOc1cc(/C=C2/C(=N)N3C(=NC2=O)SN=C3S(C)(=O)=O)cc(Cl)c1OCc1ccc(C)cc1. The van der Waals surface area contributed by atoms with Gasteiger partial charge in [0.25, 0.3) is 5.91 Å². The average molecular weight is 533 g/mol. The normalized spacial score (nSPS) is 16.8. The molecule has 0 aliphatic carbocycles. The first-order valence-corrected chi connectivity index (χ1v) is 13.5. The Morgan fingerprint density at radius 2 is 1.91 bits per heavy atom. The molecule has 0 saturated carbocycles. The second-order valence-electron chi connectivity index (χ2n) is 7.72. The Bertz CT molecular complexity index is 1420. The van der Waals surface area contributed by atoms with Crippen LogP contribution in [-0.2, 0) is 21.2 Å². The van der Waals surface area contributed by atoms with Gasteiger partial charge in [0.05, 0.1) is 29.2 Å². The molecular weight excluding hydrogens is 512 g/mol. The predicted octanol–water partition coefficient (Wildman–Crippen LogP) is 4.25. The number of carbonyl (C=O) groups excluding carboxylic acids is 1. The number of aliphatic imine (C=N–C) groups is 1. The van der Waals surface area contributed by atoms with Crippen molar-refractivity contribution in [2.75, 3.05) is 12.9 Å². The molecule has 2 aromatic carbocycles. The first-order valence-electron chi connectivity index (χ1n) is 10.4. The summed E-state index contributed by atoms with van der Waals surface area (Å²) in [6, 6.07) is 11.1. The van der Waals surface area contributed by atoms with Gasteiger partial charge in [0, 0.05) is 6.26 Å².